The fourth-order valence-corrected chi connectivity index (χ4v) is 1.28. The van der Waals surface area contributed by atoms with Gasteiger partial charge in [0, 0.05) is 11.6 Å². The van der Waals surface area contributed by atoms with Gasteiger partial charge in [-0.1, -0.05) is 17.7 Å². The molecule has 1 rings (SSSR count). The van der Waals surface area contributed by atoms with Gasteiger partial charge >= 0.3 is 0 Å². The second-order valence-corrected chi connectivity index (χ2v) is 3.21. The first-order valence-electron chi connectivity index (χ1n) is 3.89. The van der Waals surface area contributed by atoms with Crippen LogP contribution in [0.5, 0.6) is 11.5 Å². The molecule has 3 nitrogen and oxygen atoms in total. The monoisotopic (exact) mass is 201 g/mol. The molecule has 1 atom stereocenters. The molecule has 0 fully saturated rings. The van der Waals surface area contributed by atoms with Gasteiger partial charge in [0.25, 0.3) is 0 Å². The molecular weight excluding hydrogens is 190 g/mol. The molecule has 0 heterocycles. The molecule has 0 amide bonds. The smallest absolute Gasteiger partial charge is 0.177 e. The predicted molar refractivity (Wildman–Crippen MR) is 52.3 cm³/mol. The first-order chi connectivity index (χ1) is 6.07. The highest BCUT2D eigenvalue weighted by molar-refractivity contribution is 6.32. The molecule has 0 radical (unpaired) electrons. The summed E-state index contributed by atoms with van der Waals surface area (Å²) in [4.78, 5) is 0. The third-order valence-corrected chi connectivity index (χ3v) is 2.11. The summed E-state index contributed by atoms with van der Waals surface area (Å²) in [5.74, 6) is 0.293. The molecule has 1 unspecified atom stereocenters. The Kier molecular flexibility index (Phi) is 3.01. The summed E-state index contributed by atoms with van der Waals surface area (Å²) >= 11 is 5.70. The molecule has 1 aromatic rings. The van der Waals surface area contributed by atoms with Gasteiger partial charge in [0.15, 0.2) is 11.5 Å². The van der Waals surface area contributed by atoms with Crippen molar-refractivity contribution < 1.29 is 9.84 Å². The Morgan fingerprint density at radius 3 is 2.62 bits per heavy atom. The van der Waals surface area contributed by atoms with E-state index in [-0.39, 0.29) is 16.8 Å². The van der Waals surface area contributed by atoms with Crippen LogP contribution in [0.3, 0.4) is 0 Å². The van der Waals surface area contributed by atoms with Gasteiger partial charge in [-0.05, 0) is 13.0 Å². The Morgan fingerprint density at radius 1 is 1.54 bits per heavy atom. The van der Waals surface area contributed by atoms with Gasteiger partial charge in [-0.15, -0.1) is 0 Å². The van der Waals surface area contributed by atoms with Crippen LogP contribution >= 0.6 is 11.6 Å². The largest absolute Gasteiger partial charge is 0.503 e. The van der Waals surface area contributed by atoms with Gasteiger partial charge in [0.2, 0.25) is 0 Å². The summed E-state index contributed by atoms with van der Waals surface area (Å²) in [6, 6.07) is 3.14. The van der Waals surface area contributed by atoms with Gasteiger partial charge < -0.3 is 15.6 Å². The highest BCUT2D eigenvalue weighted by atomic mass is 35.5. The fraction of sp³-hybridized carbons (Fsp3) is 0.333. The normalized spacial score (nSPS) is 12.6. The quantitative estimate of drug-likeness (QED) is 0.770. The second kappa shape index (κ2) is 3.85. The summed E-state index contributed by atoms with van der Waals surface area (Å²) in [6.07, 6.45) is 0. The van der Waals surface area contributed by atoms with Crippen LogP contribution in [0.15, 0.2) is 12.1 Å². The van der Waals surface area contributed by atoms with Gasteiger partial charge in [0.1, 0.15) is 0 Å². The van der Waals surface area contributed by atoms with Crippen LogP contribution < -0.4 is 10.5 Å². The van der Waals surface area contributed by atoms with E-state index in [1.165, 1.54) is 7.11 Å². The Balaban J connectivity index is 3.30. The van der Waals surface area contributed by atoms with Crippen molar-refractivity contribution in [2.24, 2.45) is 5.73 Å². The Labute approximate surface area is 82.1 Å². The SMILES string of the molecule is COc1c(C(C)N)ccc(Cl)c1O. The van der Waals surface area contributed by atoms with Gasteiger partial charge in [-0.2, -0.15) is 0 Å². The minimum absolute atomic E-state index is 0.0565. The molecule has 0 aliphatic carbocycles. The molecular formula is C9H12ClNO2. The number of phenolic OH excluding ortho intramolecular Hbond substituents is 1. The lowest BCUT2D eigenvalue weighted by atomic mass is 10.1. The van der Waals surface area contributed by atoms with Crippen LogP contribution in [-0.2, 0) is 0 Å². The van der Waals surface area contributed by atoms with E-state index < -0.39 is 0 Å². The number of nitrogens with two attached hydrogens (primary N) is 1. The van der Waals surface area contributed by atoms with Crippen LogP contribution in [-0.4, -0.2) is 12.2 Å². The maximum Gasteiger partial charge on any atom is 0.177 e. The molecule has 1 aromatic carbocycles. The zero-order valence-electron chi connectivity index (χ0n) is 7.54. The van der Waals surface area contributed by atoms with Crippen molar-refractivity contribution in [2.75, 3.05) is 7.11 Å². The fourth-order valence-electron chi connectivity index (χ4n) is 1.14. The molecule has 3 N–H and O–H groups in total. The summed E-state index contributed by atoms with van der Waals surface area (Å²) in [7, 11) is 1.47. The van der Waals surface area contributed by atoms with Crippen molar-refractivity contribution in [1.29, 1.82) is 0 Å². The van der Waals surface area contributed by atoms with Crippen LogP contribution in [0, 0.1) is 0 Å². The van der Waals surface area contributed by atoms with Crippen LogP contribution in [0.1, 0.15) is 18.5 Å². The lowest BCUT2D eigenvalue weighted by molar-refractivity contribution is 0.367. The molecule has 0 aliphatic heterocycles. The second-order valence-electron chi connectivity index (χ2n) is 2.81. The van der Waals surface area contributed by atoms with E-state index in [1.807, 2.05) is 6.92 Å². The topological polar surface area (TPSA) is 55.5 Å². The molecule has 4 heteroatoms. The summed E-state index contributed by atoms with van der Waals surface area (Å²) < 4.78 is 5.00. The van der Waals surface area contributed by atoms with Crippen molar-refractivity contribution >= 4 is 11.6 Å². The van der Waals surface area contributed by atoms with Crippen LogP contribution in [0.4, 0.5) is 0 Å². The van der Waals surface area contributed by atoms with E-state index in [1.54, 1.807) is 12.1 Å². The van der Waals surface area contributed by atoms with Gasteiger partial charge in [-0.25, -0.2) is 0 Å². The van der Waals surface area contributed by atoms with Crippen molar-refractivity contribution in [1.82, 2.24) is 0 Å². The Bertz CT molecular complexity index is 313. The zero-order valence-corrected chi connectivity index (χ0v) is 8.30. The van der Waals surface area contributed by atoms with E-state index in [9.17, 15) is 5.11 Å². The molecule has 0 aliphatic rings. The Hall–Kier alpha value is -0.930. The standard InChI is InChI=1S/C9H12ClNO2/c1-5(11)6-3-4-7(10)8(12)9(6)13-2/h3-5,12H,11H2,1-2H3. The predicted octanol–water partition coefficient (Wildman–Crippen LogP) is 2.07. The van der Waals surface area contributed by atoms with E-state index in [0.29, 0.717) is 5.75 Å². The maximum atomic E-state index is 9.51. The lowest BCUT2D eigenvalue weighted by Gasteiger charge is -2.13. The molecule has 72 valence electrons. The number of methoxy groups -OCH3 is 1. The van der Waals surface area contributed by atoms with E-state index in [2.05, 4.69) is 0 Å². The number of phenols is 1. The minimum atomic E-state index is -0.196. The number of hydrogen-bond donors (Lipinski definition) is 2. The Morgan fingerprint density at radius 2 is 2.15 bits per heavy atom. The average molecular weight is 202 g/mol. The molecule has 0 spiro atoms. The van der Waals surface area contributed by atoms with E-state index in [0.717, 1.165) is 5.56 Å². The number of ether oxygens (including phenoxy) is 1. The van der Waals surface area contributed by atoms with Crippen molar-refractivity contribution in [2.45, 2.75) is 13.0 Å². The average Bonchev–Trinajstić information content (AvgIpc) is 2.09. The summed E-state index contributed by atoms with van der Waals surface area (Å²) in [5, 5.41) is 9.78. The minimum Gasteiger partial charge on any atom is -0.503 e. The van der Waals surface area contributed by atoms with Crippen LogP contribution in [0.25, 0.3) is 0 Å². The number of hydrogen-bond acceptors (Lipinski definition) is 3. The lowest BCUT2D eigenvalue weighted by Crippen LogP contribution is -2.06. The maximum absolute atomic E-state index is 9.51. The van der Waals surface area contributed by atoms with E-state index >= 15 is 0 Å². The van der Waals surface area contributed by atoms with Crippen molar-refractivity contribution in [3.63, 3.8) is 0 Å². The zero-order chi connectivity index (χ0) is 10.0. The number of aromatic hydroxyl groups is 1. The summed E-state index contributed by atoms with van der Waals surface area (Å²) in [6.45, 7) is 1.81. The molecule has 0 saturated heterocycles. The van der Waals surface area contributed by atoms with Gasteiger partial charge in [0.05, 0.1) is 12.1 Å². The van der Waals surface area contributed by atoms with Gasteiger partial charge in [-0.3, -0.25) is 0 Å². The third-order valence-electron chi connectivity index (χ3n) is 1.81. The summed E-state index contributed by atoms with van der Waals surface area (Å²) in [5.41, 5.74) is 6.42. The first-order valence-corrected chi connectivity index (χ1v) is 4.26. The van der Waals surface area contributed by atoms with Crippen LogP contribution in [0.2, 0.25) is 5.02 Å². The highest BCUT2D eigenvalue weighted by Crippen LogP contribution is 2.38. The number of rotatable bonds is 2. The number of benzene rings is 1. The number of halogens is 1. The van der Waals surface area contributed by atoms with Crippen molar-refractivity contribution in [3.8, 4) is 11.5 Å². The first kappa shape index (κ1) is 10.2. The highest BCUT2D eigenvalue weighted by Gasteiger charge is 2.14. The van der Waals surface area contributed by atoms with Crippen molar-refractivity contribution in [3.05, 3.63) is 22.7 Å². The molecule has 0 saturated carbocycles. The molecule has 0 aromatic heterocycles. The molecule has 0 bridgehead atoms. The van der Waals surface area contributed by atoms with E-state index in [4.69, 9.17) is 22.1 Å². The third kappa shape index (κ3) is 1.87. The molecule has 13 heavy (non-hydrogen) atoms.